The minimum Gasteiger partial charge on any atom is -0.342 e. The number of likely N-dealkylation sites (tertiary alicyclic amines) is 2. The third kappa shape index (κ3) is 3.86. The molecule has 0 saturated carbocycles. The van der Waals surface area contributed by atoms with Gasteiger partial charge in [-0.15, -0.1) is 0 Å². The standard InChI is InChI=1S/C18H23ClN2O2/c19-16-6-2-1-5-15(16)13-17(22)20-11-7-14(8-12-20)18(23)21-9-3-4-10-21/h1-2,5-6,14H,3-4,7-13H2. The van der Waals surface area contributed by atoms with Crippen molar-refractivity contribution < 1.29 is 9.59 Å². The molecule has 23 heavy (non-hydrogen) atoms. The first-order chi connectivity index (χ1) is 11.1. The molecule has 0 spiro atoms. The zero-order valence-corrected chi connectivity index (χ0v) is 14.1. The fraction of sp³-hybridized carbons (Fsp3) is 0.556. The molecule has 0 aromatic heterocycles. The van der Waals surface area contributed by atoms with E-state index < -0.39 is 0 Å². The molecule has 124 valence electrons. The van der Waals surface area contributed by atoms with E-state index in [9.17, 15) is 9.59 Å². The normalized spacial score (nSPS) is 19.2. The minimum absolute atomic E-state index is 0.0949. The van der Waals surface area contributed by atoms with Gasteiger partial charge in [0, 0.05) is 37.1 Å². The lowest BCUT2D eigenvalue weighted by atomic mass is 9.95. The number of piperidine rings is 1. The number of nitrogens with zero attached hydrogens (tertiary/aromatic N) is 2. The van der Waals surface area contributed by atoms with Crippen molar-refractivity contribution in [3.8, 4) is 0 Å². The highest BCUT2D eigenvalue weighted by Crippen LogP contribution is 2.23. The Morgan fingerprint density at radius 2 is 1.65 bits per heavy atom. The second-order valence-corrected chi connectivity index (χ2v) is 6.86. The van der Waals surface area contributed by atoms with Crippen molar-refractivity contribution in [2.24, 2.45) is 5.92 Å². The van der Waals surface area contributed by atoms with Crippen molar-refractivity contribution in [2.45, 2.75) is 32.1 Å². The number of amides is 2. The highest BCUT2D eigenvalue weighted by molar-refractivity contribution is 6.31. The van der Waals surface area contributed by atoms with E-state index in [2.05, 4.69) is 0 Å². The number of benzene rings is 1. The van der Waals surface area contributed by atoms with Gasteiger partial charge in [-0.05, 0) is 37.3 Å². The topological polar surface area (TPSA) is 40.6 Å². The van der Waals surface area contributed by atoms with Crippen molar-refractivity contribution in [3.63, 3.8) is 0 Å². The van der Waals surface area contributed by atoms with Crippen LogP contribution in [0.4, 0.5) is 0 Å². The zero-order chi connectivity index (χ0) is 16.2. The van der Waals surface area contributed by atoms with E-state index in [0.717, 1.165) is 44.3 Å². The number of carbonyl (C=O) groups is 2. The largest absolute Gasteiger partial charge is 0.342 e. The summed E-state index contributed by atoms with van der Waals surface area (Å²) in [6.45, 7) is 3.16. The predicted octanol–water partition coefficient (Wildman–Crippen LogP) is 2.74. The van der Waals surface area contributed by atoms with Gasteiger partial charge in [0.15, 0.2) is 0 Å². The van der Waals surface area contributed by atoms with E-state index in [1.54, 1.807) is 0 Å². The molecule has 2 aliphatic rings. The highest BCUT2D eigenvalue weighted by atomic mass is 35.5. The summed E-state index contributed by atoms with van der Waals surface area (Å²) in [6, 6.07) is 7.47. The molecule has 0 atom stereocenters. The Labute approximate surface area is 142 Å². The maximum Gasteiger partial charge on any atom is 0.227 e. The van der Waals surface area contributed by atoms with Crippen molar-refractivity contribution >= 4 is 23.4 Å². The van der Waals surface area contributed by atoms with Gasteiger partial charge < -0.3 is 9.80 Å². The first-order valence-corrected chi connectivity index (χ1v) is 8.83. The summed E-state index contributed by atoms with van der Waals surface area (Å²) in [6.07, 6.45) is 4.15. The summed E-state index contributed by atoms with van der Waals surface area (Å²) >= 11 is 6.12. The Morgan fingerprint density at radius 3 is 2.30 bits per heavy atom. The summed E-state index contributed by atoms with van der Waals surface area (Å²) in [5.41, 5.74) is 0.870. The average Bonchev–Trinajstić information content (AvgIpc) is 3.11. The van der Waals surface area contributed by atoms with Crippen LogP contribution in [0.2, 0.25) is 5.02 Å². The van der Waals surface area contributed by atoms with Crippen molar-refractivity contribution in [1.29, 1.82) is 0 Å². The van der Waals surface area contributed by atoms with Crippen LogP contribution in [0.3, 0.4) is 0 Å². The maximum absolute atomic E-state index is 12.4. The Hall–Kier alpha value is -1.55. The van der Waals surface area contributed by atoms with Gasteiger partial charge in [-0.25, -0.2) is 0 Å². The number of halogens is 1. The molecular formula is C18H23ClN2O2. The molecule has 0 bridgehead atoms. The van der Waals surface area contributed by atoms with Crippen LogP contribution in [0, 0.1) is 5.92 Å². The molecule has 0 N–H and O–H groups in total. The molecule has 2 aliphatic heterocycles. The number of carbonyl (C=O) groups excluding carboxylic acids is 2. The predicted molar refractivity (Wildman–Crippen MR) is 90.3 cm³/mol. The van der Waals surface area contributed by atoms with Crippen molar-refractivity contribution in [3.05, 3.63) is 34.9 Å². The van der Waals surface area contributed by atoms with Gasteiger partial charge in [-0.3, -0.25) is 9.59 Å². The Bertz CT molecular complexity index is 576. The summed E-state index contributed by atoms with van der Waals surface area (Å²) in [5.74, 6) is 0.489. The zero-order valence-electron chi connectivity index (χ0n) is 13.3. The Kier molecular flexibility index (Phi) is 5.21. The third-order valence-electron chi connectivity index (χ3n) is 4.91. The molecule has 3 rings (SSSR count). The number of rotatable bonds is 3. The lowest BCUT2D eigenvalue weighted by Crippen LogP contribution is -2.44. The third-order valence-corrected chi connectivity index (χ3v) is 5.28. The Balaban J connectivity index is 1.51. The van der Waals surface area contributed by atoms with E-state index in [4.69, 9.17) is 11.6 Å². The Morgan fingerprint density at radius 1 is 1.00 bits per heavy atom. The van der Waals surface area contributed by atoms with E-state index >= 15 is 0 Å². The van der Waals surface area contributed by atoms with Crippen LogP contribution in [-0.4, -0.2) is 47.8 Å². The molecule has 5 heteroatoms. The smallest absolute Gasteiger partial charge is 0.227 e. The van der Waals surface area contributed by atoms with Crippen LogP contribution >= 0.6 is 11.6 Å². The molecule has 0 unspecified atom stereocenters. The molecule has 1 aromatic rings. The quantitative estimate of drug-likeness (QED) is 0.852. The van der Waals surface area contributed by atoms with Crippen LogP contribution < -0.4 is 0 Å². The maximum atomic E-state index is 12.4. The first kappa shape index (κ1) is 16.3. The second kappa shape index (κ2) is 7.35. The van der Waals surface area contributed by atoms with Gasteiger partial charge >= 0.3 is 0 Å². The van der Waals surface area contributed by atoms with Gasteiger partial charge in [-0.2, -0.15) is 0 Å². The summed E-state index contributed by atoms with van der Waals surface area (Å²) in [5, 5.41) is 0.639. The van der Waals surface area contributed by atoms with E-state index in [1.165, 1.54) is 0 Å². The summed E-state index contributed by atoms with van der Waals surface area (Å²) in [7, 11) is 0. The van der Waals surface area contributed by atoms with Gasteiger partial charge in [-0.1, -0.05) is 29.8 Å². The molecule has 0 radical (unpaired) electrons. The minimum atomic E-state index is 0.0949. The van der Waals surface area contributed by atoms with Crippen LogP contribution in [0.25, 0.3) is 0 Å². The molecule has 2 amide bonds. The highest BCUT2D eigenvalue weighted by Gasteiger charge is 2.31. The van der Waals surface area contributed by atoms with Gasteiger partial charge in [0.25, 0.3) is 0 Å². The van der Waals surface area contributed by atoms with Crippen LogP contribution in [0.15, 0.2) is 24.3 Å². The van der Waals surface area contributed by atoms with Crippen LogP contribution in [0.5, 0.6) is 0 Å². The molecule has 2 fully saturated rings. The van der Waals surface area contributed by atoms with Crippen molar-refractivity contribution in [1.82, 2.24) is 9.80 Å². The molecule has 2 heterocycles. The molecule has 0 aliphatic carbocycles. The van der Waals surface area contributed by atoms with E-state index in [0.29, 0.717) is 30.4 Å². The number of hydrogen-bond acceptors (Lipinski definition) is 2. The monoisotopic (exact) mass is 334 g/mol. The van der Waals surface area contributed by atoms with E-state index in [-0.39, 0.29) is 11.8 Å². The van der Waals surface area contributed by atoms with Gasteiger partial charge in [0.05, 0.1) is 6.42 Å². The fourth-order valence-electron chi connectivity index (χ4n) is 3.49. The fourth-order valence-corrected chi connectivity index (χ4v) is 3.69. The number of hydrogen-bond donors (Lipinski definition) is 0. The lowest BCUT2D eigenvalue weighted by Gasteiger charge is -2.33. The lowest BCUT2D eigenvalue weighted by molar-refractivity contribution is -0.139. The molecule has 2 saturated heterocycles. The van der Waals surface area contributed by atoms with Crippen LogP contribution in [0.1, 0.15) is 31.2 Å². The average molecular weight is 335 g/mol. The SMILES string of the molecule is O=C(Cc1ccccc1Cl)N1CCC(C(=O)N2CCCC2)CC1. The summed E-state index contributed by atoms with van der Waals surface area (Å²) in [4.78, 5) is 28.7. The van der Waals surface area contributed by atoms with Gasteiger partial charge in [0.1, 0.15) is 0 Å². The molecular weight excluding hydrogens is 312 g/mol. The second-order valence-electron chi connectivity index (χ2n) is 6.46. The molecule has 4 nitrogen and oxygen atoms in total. The van der Waals surface area contributed by atoms with Crippen LogP contribution in [-0.2, 0) is 16.0 Å². The first-order valence-electron chi connectivity index (χ1n) is 8.45. The summed E-state index contributed by atoms with van der Waals surface area (Å²) < 4.78 is 0. The van der Waals surface area contributed by atoms with Crippen molar-refractivity contribution in [2.75, 3.05) is 26.2 Å². The van der Waals surface area contributed by atoms with E-state index in [1.807, 2.05) is 34.1 Å². The molecule has 1 aromatic carbocycles. The van der Waals surface area contributed by atoms with Gasteiger partial charge in [0.2, 0.25) is 11.8 Å².